The second-order valence-corrected chi connectivity index (χ2v) is 9.51. The van der Waals surface area contributed by atoms with Crippen LogP contribution in [0, 0.1) is 6.92 Å². The number of hydrogen-bond acceptors (Lipinski definition) is 5. The second-order valence-electron chi connectivity index (χ2n) is 7.53. The Morgan fingerprint density at radius 3 is 2.67 bits per heavy atom. The van der Waals surface area contributed by atoms with Crippen LogP contribution in [0.4, 0.5) is 11.4 Å². The highest BCUT2D eigenvalue weighted by atomic mass is 32.2. The number of fused-ring (bicyclic) bond motifs is 1. The molecule has 0 amide bonds. The van der Waals surface area contributed by atoms with Gasteiger partial charge in [-0.2, -0.15) is 4.31 Å². The summed E-state index contributed by atoms with van der Waals surface area (Å²) in [6, 6.07) is 16.1. The summed E-state index contributed by atoms with van der Waals surface area (Å²) in [5.41, 5.74) is 7.26. The molecule has 0 fully saturated rings. The third kappa shape index (κ3) is 4.17. The summed E-state index contributed by atoms with van der Waals surface area (Å²) >= 11 is 0. The molecular formula is C23H25N3O3S. The first-order valence-corrected chi connectivity index (χ1v) is 11.6. The zero-order valence-corrected chi connectivity index (χ0v) is 18.2. The predicted octanol–water partition coefficient (Wildman–Crippen LogP) is 4.13. The minimum atomic E-state index is -3.19. The average Bonchev–Trinajstić information content (AvgIpc) is 2.74. The van der Waals surface area contributed by atoms with E-state index in [1.807, 2.05) is 36.4 Å². The maximum absolute atomic E-state index is 11.9. The highest BCUT2D eigenvalue weighted by Crippen LogP contribution is 2.32. The van der Waals surface area contributed by atoms with Gasteiger partial charge in [0, 0.05) is 30.0 Å². The SMILES string of the molecule is COc1ccc(-c2cc(Nc3cccc4c3CCN(S(C)(=O)=O)C4)ccc2C)nc1. The number of aromatic nitrogens is 1. The van der Waals surface area contributed by atoms with Crippen LogP contribution in [-0.4, -0.2) is 37.6 Å². The zero-order valence-electron chi connectivity index (χ0n) is 17.3. The maximum Gasteiger partial charge on any atom is 0.211 e. The van der Waals surface area contributed by atoms with Crippen molar-refractivity contribution in [2.45, 2.75) is 19.9 Å². The molecule has 3 aromatic rings. The van der Waals surface area contributed by atoms with E-state index in [4.69, 9.17) is 4.74 Å². The summed E-state index contributed by atoms with van der Waals surface area (Å²) < 4.78 is 30.6. The van der Waals surface area contributed by atoms with Gasteiger partial charge >= 0.3 is 0 Å². The van der Waals surface area contributed by atoms with Crippen molar-refractivity contribution in [2.75, 3.05) is 25.2 Å². The first-order valence-electron chi connectivity index (χ1n) is 9.79. The fourth-order valence-corrected chi connectivity index (χ4v) is 4.57. The minimum Gasteiger partial charge on any atom is -0.495 e. The lowest BCUT2D eigenvalue weighted by Crippen LogP contribution is -2.35. The van der Waals surface area contributed by atoms with Gasteiger partial charge in [0.1, 0.15) is 5.75 Å². The van der Waals surface area contributed by atoms with Gasteiger partial charge in [-0.15, -0.1) is 0 Å². The Hall–Kier alpha value is -2.90. The number of pyridine rings is 1. The van der Waals surface area contributed by atoms with Gasteiger partial charge in [-0.25, -0.2) is 8.42 Å². The number of hydrogen-bond donors (Lipinski definition) is 1. The van der Waals surface area contributed by atoms with Crippen molar-refractivity contribution in [3.05, 3.63) is 71.4 Å². The summed E-state index contributed by atoms with van der Waals surface area (Å²) in [5.74, 6) is 0.727. The Morgan fingerprint density at radius 1 is 1.13 bits per heavy atom. The molecule has 0 aliphatic carbocycles. The number of benzene rings is 2. The van der Waals surface area contributed by atoms with Gasteiger partial charge in [-0.05, 0) is 60.4 Å². The van der Waals surface area contributed by atoms with Crippen LogP contribution >= 0.6 is 0 Å². The molecule has 0 unspecified atom stereocenters. The number of methoxy groups -OCH3 is 1. The van der Waals surface area contributed by atoms with Crippen LogP contribution in [0.15, 0.2) is 54.7 Å². The second kappa shape index (κ2) is 8.08. The molecule has 156 valence electrons. The minimum absolute atomic E-state index is 0.415. The smallest absolute Gasteiger partial charge is 0.211 e. The van der Waals surface area contributed by atoms with Crippen LogP contribution in [0.2, 0.25) is 0 Å². The molecule has 6 nitrogen and oxygen atoms in total. The molecule has 0 saturated carbocycles. The topological polar surface area (TPSA) is 71.5 Å². The van der Waals surface area contributed by atoms with Gasteiger partial charge in [-0.1, -0.05) is 18.2 Å². The molecule has 0 atom stereocenters. The molecule has 7 heteroatoms. The number of nitrogens with one attached hydrogen (secondary N) is 1. The fourth-order valence-electron chi connectivity index (χ4n) is 3.78. The molecule has 1 aromatic heterocycles. The predicted molar refractivity (Wildman–Crippen MR) is 120 cm³/mol. The van der Waals surface area contributed by atoms with Gasteiger partial charge in [0.15, 0.2) is 0 Å². The van der Waals surface area contributed by atoms with E-state index in [2.05, 4.69) is 29.4 Å². The van der Waals surface area contributed by atoms with Crippen LogP contribution in [0.1, 0.15) is 16.7 Å². The van der Waals surface area contributed by atoms with Crippen molar-refractivity contribution in [3.63, 3.8) is 0 Å². The van der Waals surface area contributed by atoms with Gasteiger partial charge in [0.05, 0.1) is 25.3 Å². The molecule has 0 radical (unpaired) electrons. The lowest BCUT2D eigenvalue weighted by molar-refractivity contribution is 0.395. The first kappa shape index (κ1) is 20.4. The van der Waals surface area contributed by atoms with Crippen molar-refractivity contribution in [3.8, 4) is 17.0 Å². The van der Waals surface area contributed by atoms with Crippen LogP contribution in [0.5, 0.6) is 5.75 Å². The lowest BCUT2D eigenvalue weighted by atomic mass is 9.98. The molecule has 2 heterocycles. The lowest BCUT2D eigenvalue weighted by Gasteiger charge is -2.28. The zero-order chi connectivity index (χ0) is 21.3. The van der Waals surface area contributed by atoms with E-state index >= 15 is 0 Å². The van der Waals surface area contributed by atoms with Crippen LogP contribution < -0.4 is 10.1 Å². The van der Waals surface area contributed by atoms with E-state index in [-0.39, 0.29) is 0 Å². The van der Waals surface area contributed by atoms with Crippen molar-refractivity contribution in [1.29, 1.82) is 0 Å². The average molecular weight is 424 g/mol. The summed E-state index contributed by atoms with van der Waals surface area (Å²) in [4.78, 5) is 4.52. The third-order valence-electron chi connectivity index (χ3n) is 5.46. The summed E-state index contributed by atoms with van der Waals surface area (Å²) in [6.45, 7) is 2.98. The van der Waals surface area contributed by atoms with Gasteiger partial charge in [-0.3, -0.25) is 4.98 Å². The van der Waals surface area contributed by atoms with Crippen molar-refractivity contribution in [2.24, 2.45) is 0 Å². The number of ether oxygens (including phenoxy) is 1. The Balaban J connectivity index is 1.63. The summed E-state index contributed by atoms with van der Waals surface area (Å²) in [5, 5.41) is 3.53. The van der Waals surface area contributed by atoms with Crippen molar-refractivity contribution < 1.29 is 13.2 Å². The largest absolute Gasteiger partial charge is 0.495 e. The molecule has 1 aliphatic heterocycles. The third-order valence-corrected chi connectivity index (χ3v) is 6.71. The van der Waals surface area contributed by atoms with Crippen LogP contribution in [0.3, 0.4) is 0 Å². The summed E-state index contributed by atoms with van der Waals surface area (Å²) in [6.07, 6.45) is 3.67. The van der Waals surface area contributed by atoms with Gasteiger partial charge < -0.3 is 10.1 Å². The molecule has 4 rings (SSSR count). The Labute approximate surface area is 177 Å². The van der Waals surface area contributed by atoms with E-state index in [0.717, 1.165) is 39.5 Å². The quantitative estimate of drug-likeness (QED) is 0.668. The van der Waals surface area contributed by atoms with E-state index in [0.29, 0.717) is 19.5 Å². The molecule has 2 aromatic carbocycles. The number of sulfonamides is 1. The maximum atomic E-state index is 11.9. The summed E-state index contributed by atoms with van der Waals surface area (Å²) in [7, 11) is -1.56. The Morgan fingerprint density at radius 2 is 1.97 bits per heavy atom. The van der Waals surface area contributed by atoms with E-state index in [1.165, 1.54) is 16.1 Å². The van der Waals surface area contributed by atoms with Gasteiger partial charge in [0.25, 0.3) is 0 Å². The molecular weight excluding hydrogens is 398 g/mol. The molecule has 0 bridgehead atoms. The Bertz CT molecular complexity index is 1170. The standard InChI is InChI=1S/C23H25N3O3S/c1-16-7-8-18(13-21(16)22-10-9-19(29-2)14-24-22)25-23-6-4-5-17-15-26(30(3,27)28)12-11-20(17)23/h4-10,13-14,25H,11-12,15H2,1-3H3. The molecule has 1 aliphatic rings. The number of aryl methyl sites for hydroxylation is 1. The van der Waals surface area contributed by atoms with Crippen molar-refractivity contribution in [1.82, 2.24) is 9.29 Å². The number of anilines is 2. The van der Waals surface area contributed by atoms with Crippen molar-refractivity contribution >= 4 is 21.4 Å². The number of rotatable bonds is 5. The normalized spacial score (nSPS) is 14.2. The van der Waals surface area contributed by atoms with Gasteiger partial charge in [0.2, 0.25) is 10.0 Å². The highest BCUT2D eigenvalue weighted by Gasteiger charge is 2.24. The van der Waals surface area contributed by atoms with E-state index in [1.54, 1.807) is 13.3 Å². The number of nitrogens with zero attached hydrogens (tertiary/aromatic N) is 2. The Kier molecular flexibility index (Phi) is 5.49. The fraction of sp³-hybridized carbons (Fsp3) is 0.261. The molecule has 0 spiro atoms. The molecule has 1 N–H and O–H groups in total. The first-order chi connectivity index (χ1) is 14.3. The van der Waals surface area contributed by atoms with Crippen LogP contribution in [-0.2, 0) is 23.0 Å². The van der Waals surface area contributed by atoms with Crippen LogP contribution in [0.25, 0.3) is 11.3 Å². The van der Waals surface area contributed by atoms with E-state index < -0.39 is 10.0 Å². The van der Waals surface area contributed by atoms with E-state index in [9.17, 15) is 8.42 Å². The monoisotopic (exact) mass is 423 g/mol. The molecule has 0 saturated heterocycles. The molecule has 30 heavy (non-hydrogen) atoms. The highest BCUT2D eigenvalue weighted by molar-refractivity contribution is 7.88.